The molecule has 0 saturated heterocycles. The zero-order chi connectivity index (χ0) is 6.97. The molecular formula is C7H12ClN3. The Balaban J connectivity index is 0.000000605. The van der Waals surface area contributed by atoms with Crippen LogP contribution in [0.2, 0.25) is 0 Å². The number of hydrogen-bond acceptors (Lipinski definition) is 2. The highest BCUT2D eigenvalue weighted by atomic mass is 35.5. The first-order chi connectivity index (χ1) is 4.92. The van der Waals surface area contributed by atoms with E-state index in [1.807, 2.05) is 0 Å². The van der Waals surface area contributed by atoms with Gasteiger partial charge in [-0.25, -0.2) is 0 Å². The number of aromatic amines is 1. The first-order valence-electron chi connectivity index (χ1n) is 3.67. The van der Waals surface area contributed by atoms with Crippen molar-refractivity contribution < 1.29 is 0 Å². The van der Waals surface area contributed by atoms with E-state index in [4.69, 9.17) is 5.73 Å². The maximum absolute atomic E-state index is 5.48. The normalized spacial score (nSPS) is 14.3. The standard InChI is InChI=1S/C7H11N3.ClH/c8-4-7-5-2-1-3-6(5)9-10-7;/h1-4,8H2,(H,9,10);1H. The molecule has 3 N–H and O–H groups in total. The van der Waals surface area contributed by atoms with Gasteiger partial charge in [-0.05, 0) is 24.8 Å². The Morgan fingerprint density at radius 2 is 2.27 bits per heavy atom. The second-order valence-corrected chi connectivity index (χ2v) is 2.69. The maximum Gasteiger partial charge on any atom is 0.0792 e. The molecule has 1 aromatic heterocycles. The van der Waals surface area contributed by atoms with E-state index in [1.165, 1.54) is 24.1 Å². The minimum absolute atomic E-state index is 0. The molecule has 0 aromatic carbocycles. The van der Waals surface area contributed by atoms with Gasteiger partial charge in [0.2, 0.25) is 0 Å². The molecule has 1 aliphatic carbocycles. The lowest BCUT2D eigenvalue weighted by Crippen LogP contribution is -1.99. The van der Waals surface area contributed by atoms with Crippen LogP contribution in [0.4, 0.5) is 0 Å². The summed E-state index contributed by atoms with van der Waals surface area (Å²) < 4.78 is 0. The molecule has 11 heavy (non-hydrogen) atoms. The fraction of sp³-hybridized carbons (Fsp3) is 0.571. The Bertz CT molecular complexity index is 244. The van der Waals surface area contributed by atoms with Gasteiger partial charge in [0.05, 0.1) is 5.69 Å². The Hall–Kier alpha value is -0.540. The minimum atomic E-state index is 0. The van der Waals surface area contributed by atoms with E-state index in [2.05, 4.69) is 10.2 Å². The van der Waals surface area contributed by atoms with Gasteiger partial charge in [-0.15, -0.1) is 12.4 Å². The van der Waals surface area contributed by atoms with Crippen molar-refractivity contribution in [3.63, 3.8) is 0 Å². The maximum atomic E-state index is 5.48. The number of H-pyrrole nitrogens is 1. The van der Waals surface area contributed by atoms with Crippen LogP contribution in [0, 0.1) is 0 Å². The summed E-state index contributed by atoms with van der Waals surface area (Å²) in [5, 5.41) is 7.11. The third-order valence-corrected chi connectivity index (χ3v) is 2.09. The van der Waals surface area contributed by atoms with Gasteiger partial charge in [0.15, 0.2) is 0 Å². The molecule has 0 spiro atoms. The van der Waals surface area contributed by atoms with E-state index in [9.17, 15) is 0 Å². The van der Waals surface area contributed by atoms with Crippen molar-refractivity contribution in [3.8, 4) is 0 Å². The van der Waals surface area contributed by atoms with Gasteiger partial charge >= 0.3 is 0 Å². The van der Waals surface area contributed by atoms with E-state index < -0.39 is 0 Å². The third kappa shape index (κ3) is 1.26. The van der Waals surface area contributed by atoms with Crippen LogP contribution < -0.4 is 5.73 Å². The van der Waals surface area contributed by atoms with Gasteiger partial charge in [0, 0.05) is 12.2 Å². The summed E-state index contributed by atoms with van der Waals surface area (Å²) in [5.74, 6) is 0. The number of fused-ring (bicyclic) bond motifs is 1. The highest BCUT2D eigenvalue weighted by Gasteiger charge is 2.16. The molecule has 0 unspecified atom stereocenters. The van der Waals surface area contributed by atoms with Crippen molar-refractivity contribution in [2.75, 3.05) is 0 Å². The number of hydrogen-bond donors (Lipinski definition) is 2. The van der Waals surface area contributed by atoms with Gasteiger partial charge in [-0.2, -0.15) is 5.10 Å². The van der Waals surface area contributed by atoms with Crippen molar-refractivity contribution >= 4 is 12.4 Å². The number of rotatable bonds is 1. The van der Waals surface area contributed by atoms with Gasteiger partial charge in [-0.1, -0.05) is 0 Å². The topological polar surface area (TPSA) is 54.7 Å². The predicted octanol–water partition coefficient (Wildman–Crippen LogP) is 0.779. The monoisotopic (exact) mass is 173 g/mol. The number of aromatic nitrogens is 2. The van der Waals surface area contributed by atoms with E-state index in [1.54, 1.807) is 0 Å². The van der Waals surface area contributed by atoms with Crippen molar-refractivity contribution in [2.24, 2.45) is 5.73 Å². The van der Waals surface area contributed by atoms with E-state index in [0.29, 0.717) is 6.54 Å². The average Bonchev–Trinajstić information content (AvgIpc) is 2.44. The van der Waals surface area contributed by atoms with Gasteiger partial charge < -0.3 is 5.73 Å². The molecular weight excluding hydrogens is 162 g/mol. The molecule has 1 aromatic rings. The lowest BCUT2D eigenvalue weighted by atomic mass is 10.2. The van der Waals surface area contributed by atoms with Crippen LogP contribution in [-0.2, 0) is 19.4 Å². The lowest BCUT2D eigenvalue weighted by Gasteiger charge is -1.90. The zero-order valence-corrected chi connectivity index (χ0v) is 7.08. The molecule has 2 rings (SSSR count). The van der Waals surface area contributed by atoms with Crippen LogP contribution in [0.15, 0.2) is 0 Å². The van der Waals surface area contributed by atoms with Crippen LogP contribution in [0.3, 0.4) is 0 Å². The molecule has 0 aliphatic heterocycles. The zero-order valence-electron chi connectivity index (χ0n) is 6.26. The largest absolute Gasteiger partial charge is 0.325 e. The summed E-state index contributed by atoms with van der Waals surface area (Å²) in [6.07, 6.45) is 3.58. The summed E-state index contributed by atoms with van der Waals surface area (Å²) in [6, 6.07) is 0. The molecule has 3 nitrogen and oxygen atoms in total. The molecule has 62 valence electrons. The molecule has 0 amide bonds. The van der Waals surface area contributed by atoms with Crippen LogP contribution in [-0.4, -0.2) is 10.2 Å². The molecule has 0 atom stereocenters. The molecule has 0 fully saturated rings. The number of nitrogens with one attached hydrogen (secondary N) is 1. The number of aryl methyl sites for hydroxylation is 1. The van der Waals surface area contributed by atoms with E-state index >= 15 is 0 Å². The summed E-state index contributed by atoms with van der Waals surface area (Å²) in [5.41, 5.74) is 9.23. The summed E-state index contributed by atoms with van der Waals surface area (Å²) in [7, 11) is 0. The van der Waals surface area contributed by atoms with E-state index in [0.717, 1.165) is 12.1 Å². The quantitative estimate of drug-likeness (QED) is 0.660. The first kappa shape index (κ1) is 8.56. The van der Waals surface area contributed by atoms with Crippen LogP contribution in [0.25, 0.3) is 0 Å². The Kier molecular flexibility index (Phi) is 2.52. The van der Waals surface area contributed by atoms with Crippen LogP contribution >= 0.6 is 12.4 Å². The molecule has 0 radical (unpaired) electrons. The van der Waals surface area contributed by atoms with Crippen LogP contribution in [0.5, 0.6) is 0 Å². The summed E-state index contributed by atoms with van der Waals surface area (Å²) in [4.78, 5) is 0. The van der Waals surface area contributed by atoms with Gasteiger partial charge in [0.1, 0.15) is 0 Å². The molecule has 4 heteroatoms. The van der Waals surface area contributed by atoms with E-state index in [-0.39, 0.29) is 12.4 Å². The minimum Gasteiger partial charge on any atom is -0.325 e. The second kappa shape index (κ2) is 3.24. The average molecular weight is 174 g/mol. The van der Waals surface area contributed by atoms with Crippen LogP contribution in [0.1, 0.15) is 23.4 Å². The number of nitrogens with two attached hydrogens (primary N) is 1. The Labute approximate surface area is 71.8 Å². The number of nitrogens with zero attached hydrogens (tertiary/aromatic N) is 1. The van der Waals surface area contributed by atoms with Crippen molar-refractivity contribution in [1.29, 1.82) is 0 Å². The summed E-state index contributed by atoms with van der Waals surface area (Å²) in [6.45, 7) is 0.575. The SMILES string of the molecule is Cl.NCc1n[nH]c2c1CCC2. The highest BCUT2D eigenvalue weighted by molar-refractivity contribution is 5.85. The highest BCUT2D eigenvalue weighted by Crippen LogP contribution is 2.21. The smallest absolute Gasteiger partial charge is 0.0792 e. The fourth-order valence-corrected chi connectivity index (χ4v) is 1.56. The van der Waals surface area contributed by atoms with Gasteiger partial charge in [-0.3, -0.25) is 5.10 Å². The third-order valence-electron chi connectivity index (χ3n) is 2.09. The number of halogens is 1. The van der Waals surface area contributed by atoms with Crippen molar-refractivity contribution in [3.05, 3.63) is 17.0 Å². The molecule has 0 saturated carbocycles. The fourth-order valence-electron chi connectivity index (χ4n) is 1.56. The Morgan fingerprint density at radius 1 is 1.45 bits per heavy atom. The molecule has 0 bridgehead atoms. The van der Waals surface area contributed by atoms with Gasteiger partial charge in [0.25, 0.3) is 0 Å². The second-order valence-electron chi connectivity index (χ2n) is 2.69. The lowest BCUT2D eigenvalue weighted by molar-refractivity contribution is 0.833. The van der Waals surface area contributed by atoms with Crippen molar-refractivity contribution in [1.82, 2.24) is 10.2 Å². The predicted molar refractivity (Wildman–Crippen MR) is 45.8 cm³/mol. The molecule has 1 aliphatic rings. The first-order valence-corrected chi connectivity index (χ1v) is 3.67. The van der Waals surface area contributed by atoms with Crippen molar-refractivity contribution in [2.45, 2.75) is 25.8 Å². The Morgan fingerprint density at radius 3 is 3.00 bits per heavy atom. The molecule has 1 heterocycles. The summed E-state index contributed by atoms with van der Waals surface area (Å²) >= 11 is 0.